The van der Waals surface area contributed by atoms with Crippen LogP contribution >= 0.6 is 0 Å². The maximum atomic E-state index is 12.3. The number of rotatable bonds is 4. The first-order chi connectivity index (χ1) is 8.35. The molecule has 1 heterocycles. The van der Waals surface area contributed by atoms with Crippen LogP contribution in [0.4, 0.5) is 19.0 Å². The number of anilines is 1. The number of amides is 1. The summed E-state index contributed by atoms with van der Waals surface area (Å²) in [6.07, 6.45) is -3.21. The first-order valence-electron chi connectivity index (χ1n) is 5.02. The number of carbonyl (C=O) groups is 1. The number of halogens is 3. The minimum absolute atomic E-state index is 0.116. The summed E-state index contributed by atoms with van der Waals surface area (Å²) >= 11 is 0. The third kappa shape index (κ3) is 3.88. The second-order valence-corrected chi connectivity index (χ2v) is 3.50. The topological polar surface area (TPSA) is 79.5 Å². The van der Waals surface area contributed by atoms with Gasteiger partial charge >= 0.3 is 6.18 Å². The van der Waals surface area contributed by atoms with Gasteiger partial charge in [0.1, 0.15) is 12.4 Å². The van der Waals surface area contributed by atoms with Gasteiger partial charge in [-0.15, -0.1) is 0 Å². The number of nitrogens with zero attached hydrogens (tertiary/aromatic N) is 2. The fourth-order valence-electron chi connectivity index (χ4n) is 1.36. The van der Waals surface area contributed by atoms with E-state index in [2.05, 4.69) is 4.98 Å². The van der Waals surface area contributed by atoms with Gasteiger partial charge in [0.15, 0.2) is 0 Å². The van der Waals surface area contributed by atoms with Crippen LogP contribution in [-0.4, -0.2) is 46.8 Å². The van der Waals surface area contributed by atoms with Crippen LogP contribution in [0.15, 0.2) is 18.3 Å². The molecule has 1 rings (SSSR count). The van der Waals surface area contributed by atoms with Crippen molar-refractivity contribution >= 4 is 11.7 Å². The van der Waals surface area contributed by atoms with Crippen LogP contribution in [0.1, 0.15) is 10.4 Å². The minimum Gasteiger partial charge on any atom is -0.395 e. The number of hydrogen-bond donors (Lipinski definition) is 2. The molecule has 0 atom stereocenters. The van der Waals surface area contributed by atoms with Crippen LogP contribution in [0.3, 0.4) is 0 Å². The molecule has 0 radical (unpaired) electrons. The molecule has 0 fully saturated rings. The average Bonchev–Trinajstić information content (AvgIpc) is 2.26. The number of nitrogens with two attached hydrogens (primary N) is 1. The quantitative estimate of drug-likeness (QED) is 0.836. The Morgan fingerprint density at radius 2 is 2.17 bits per heavy atom. The zero-order valence-electron chi connectivity index (χ0n) is 9.31. The largest absolute Gasteiger partial charge is 0.406 e. The molecule has 1 amide bonds. The highest BCUT2D eigenvalue weighted by atomic mass is 19.4. The highest BCUT2D eigenvalue weighted by Crippen LogP contribution is 2.19. The fourth-order valence-corrected chi connectivity index (χ4v) is 1.36. The van der Waals surface area contributed by atoms with Gasteiger partial charge in [-0.3, -0.25) is 4.79 Å². The molecule has 0 aliphatic carbocycles. The van der Waals surface area contributed by atoms with Gasteiger partial charge in [-0.25, -0.2) is 4.98 Å². The van der Waals surface area contributed by atoms with E-state index >= 15 is 0 Å². The van der Waals surface area contributed by atoms with Gasteiger partial charge in [-0.2, -0.15) is 13.2 Å². The number of aliphatic hydroxyl groups excluding tert-OH is 1. The van der Waals surface area contributed by atoms with Gasteiger partial charge in [0.2, 0.25) is 0 Å². The number of hydrogen-bond acceptors (Lipinski definition) is 4. The van der Waals surface area contributed by atoms with Gasteiger partial charge in [0, 0.05) is 12.7 Å². The van der Waals surface area contributed by atoms with Crippen LogP contribution in [0, 0.1) is 0 Å². The first-order valence-corrected chi connectivity index (χ1v) is 5.02. The molecule has 3 N–H and O–H groups in total. The highest BCUT2D eigenvalue weighted by Gasteiger charge is 2.33. The number of aliphatic hydroxyl groups is 1. The van der Waals surface area contributed by atoms with Crippen LogP contribution in [0.5, 0.6) is 0 Å². The maximum absolute atomic E-state index is 12.3. The third-order valence-corrected chi connectivity index (χ3v) is 2.10. The number of carbonyl (C=O) groups excluding carboxylic acids is 1. The summed E-state index contributed by atoms with van der Waals surface area (Å²) in [5.41, 5.74) is 5.30. The standard InChI is InChI=1S/C10H12F3N3O2/c11-10(12,13)6-16(4-5-17)9(18)7-2-1-3-15-8(7)14/h1-3,17H,4-6H2,(H2,14,15). The van der Waals surface area contributed by atoms with Crippen molar-refractivity contribution in [3.8, 4) is 0 Å². The Morgan fingerprint density at radius 1 is 1.50 bits per heavy atom. The van der Waals surface area contributed by atoms with Crippen molar-refractivity contribution in [2.75, 3.05) is 25.4 Å². The minimum atomic E-state index is -4.54. The fraction of sp³-hybridized carbons (Fsp3) is 0.400. The second-order valence-electron chi connectivity index (χ2n) is 3.50. The van der Waals surface area contributed by atoms with E-state index in [0.717, 1.165) is 0 Å². The molecule has 0 bridgehead atoms. The number of aromatic nitrogens is 1. The molecule has 0 aliphatic rings. The summed E-state index contributed by atoms with van der Waals surface area (Å²) in [6, 6.07) is 2.68. The van der Waals surface area contributed by atoms with Crippen LogP contribution in [0.25, 0.3) is 0 Å². The van der Waals surface area contributed by atoms with E-state index in [0.29, 0.717) is 4.90 Å². The van der Waals surface area contributed by atoms with Crippen LogP contribution < -0.4 is 5.73 Å². The van der Waals surface area contributed by atoms with E-state index in [1.165, 1.54) is 18.3 Å². The molecular weight excluding hydrogens is 251 g/mol. The van der Waals surface area contributed by atoms with Crippen molar-refractivity contribution in [2.24, 2.45) is 0 Å². The van der Waals surface area contributed by atoms with Crippen molar-refractivity contribution in [3.05, 3.63) is 23.9 Å². The van der Waals surface area contributed by atoms with Gasteiger partial charge in [0.05, 0.1) is 12.2 Å². The lowest BCUT2D eigenvalue weighted by Gasteiger charge is -2.23. The SMILES string of the molecule is Nc1ncccc1C(=O)N(CCO)CC(F)(F)F. The molecule has 0 spiro atoms. The Bertz CT molecular complexity index is 423. The average molecular weight is 263 g/mol. The molecule has 100 valence electrons. The maximum Gasteiger partial charge on any atom is 0.406 e. The molecule has 1 aromatic heterocycles. The zero-order chi connectivity index (χ0) is 13.8. The second kappa shape index (κ2) is 5.67. The van der Waals surface area contributed by atoms with E-state index in [4.69, 9.17) is 10.8 Å². The van der Waals surface area contributed by atoms with E-state index in [-0.39, 0.29) is 11.4 Å². The summed E-state index contributed by atoms with van der Waals surface area (Å²) in [7, 11) is 0. The van der Waals surface area contributed by atoms with Crippen LogP contribution in [0.2, 0.25) is 0 Å². The summed E-state index contributed by atoms with van der Waals surface area (Å²) in [6.45, 7) is -2.44. The van der Waals surface area contributed by atoms with Gasteiger partial charge in [-0.1, -0.05) is 0 Å². The Balaban J connectivity index is 2.93. The highest BCUT2D eigenvalue weighted by molar-refractivity contribution is 5.98. The summed E-state index contributed by atoms with van der Waals surface area (Å²) in [5, 5.41) is 8.69. The summed E-state index contributed by atoms with van der Waals surface area (Å²) in [4.78, 5) is 15.9. The Labute approximate surface area is 101 Å². The number of pyridine rings is 1. The van der Waals surface area contributed by atoms with Crippen molar-refractivity contribution in [3.63, 3.8) is 0 Å². The predicted molar refractivity (Wildman–Crippen MR) is 57.7 cm³/mol. The molecule has 0 aliphatic heterocycles. The monoisotopic (exact) mass is 263 g/mol. The Morgan fingerprint density at radius 3 is 2.67 bits per heavy atom. The molecule has 1 aromatic rings. The molecule has 5 nitrogen and oxygen atoms in total. The first kappa shape index (κ1) is 14.2. The van der Waals surface area contributed by atoms with Crippen LogP contribution in [-0.2, 0) is 0 Å². The van der Waals surface area contributed by atoms with Gasteiger partial charge in [-0.05, 0) is 12.1 Å². The molecular formula is C10H12F3N3O2. The molecule has 0 aromatic carbocycles. The van der Waals surface area contributed by atoms with E-state index in [9.17, 15) is 18.0 Å². The molecule has 0 unspecified atom stereocenters. The predicted octanol–water partition coefficient (Wildman–Crippen LogP) is 0.661. The summed E-state index contributed by atoms with van der Waals surface area (Å²) in [5.74, 6) is -1.06. The lowest BCUT2D eigenvalue weighted by atomic mass is 10.2. The van der Waals surface area contributed by atoms with Crippen molar-refractivity contribution in [1.82, 2.24) is 9.88 Å². The molecule has 0 saturated carbocycles. The van der Waals surface area contributed by atoms with Gasteiger partial charge < -0.3 is 15.7 Å². The smallest absolute Gasteiger partial charge is 0.395 e. The molecule has 8 heteroatoms. The van der Waals surface area contributed by atoms with Crippen molar-refractivity contribution < 1.29 is 23.1 Å². The zero-order valence-corrected chi connectivity index (χ0v) is 9.31. The lowest BCUT2D eigenvalue weighted by Crippen LogP contribution is -2.41. The lowest BCUT2D eigenvalue weighted by molar-refractivity contribution is -0.141. The van der Waals surface area contributed by atoms with Gasteiger partial charge in [0.25, 0.3) is 5.91 Å². The molecule has 18 heavy (non-hydrogen) atoms. The summed E-state index contributed by atoms with van der Waals surface area (Å²) < 4.78 is 36.8. The van der Waals surface area contributed by atoms with Crippen molar-refractivity contribution in [2.45, 2.75) is 6.18 Å². The van der Waals surface area contributed by atoms with Crippen molar-refractivity contribution in [1.29, 1.82) is 0 Å². The Hall–Kier alpha value is -1.83. The number of nitrogen functional groups attached to an aromatic ring is 1. The van der Waals surface area contributed by atoms with E-state index in [1.54, 1.807) is 0 Å². The normalized spacial score (nSPS) is 11.3. The number of alkyl halides is 3. The van der Waals surface area contributed by atoms with E-state index < -0.39 is 31.8 Å². The molecule has 0 saturated heterocycles. The Kier molecular flexibility index (Phi) is 4.49. The van der Waals surface area contributed by atoms with E-state index in [1.807, 2.05) is 0 Å². The third-order valence-electron chi connectivity index (χ3n) is 2.10.